The second-order valence-corrected chi connectivity index (χ2v) is 7.31. The molecular weight excluding hydrogens is 342 g/mol. The first-order valence-corrected chi connectivity index (χ1v) is 9.87. The number of hydrogen-bond acceptors (Lipinski definition) is 4. The van der Waals surface area contributed by atoms with Crippen molar-refractivity contribution in [3.05, 3.63) is 35.9 Å². The first kappa shape index (κ1) is 21.4. The Morgan fingerprint density at radius 2 is 2.07 bits per heavy atom. The van der Waals surface area contributed by atoms with E-state index in [-0.39, 0.29) is 30.3 Å². The lowest BCUT2D eigenvalue weighted by Gasteiger charge is -2.36. The third kappa shape index (κ3) is 6.63. The monoisotopic (exact) mass is 375 g/mol. The fraction of sp³-hybridized carbons (Fsp3) is 0.619. The molecule has 1 atom stereocenters. The van der Waals surface area contributed by atoms with E-state index in [9.17, 15) is 9.59 Å². The van der Waals surface area contributed by atoms with Crippen molar-refractivity contribution >= 4 is 11.8 Å². The number of rotatable bonds is 10. The van der Waals surface area contributed by atoms with E-state index < -0.39 is 0 Å². The highest BCUT2D eigenvalue weighted by atomic mass is 16.5. The Kier molecular flexibility index (Phi) is 8.75. The topological polar surface area (TPSA) is 61.9 Å². The molecule has 1 heterocycles. The van der Waals surface area contributed by atoms with Crippen LogP contribution >= 0.6 is 0 Å². The van der Waals surface area contributed by atoms with Crippen LogP contribution in [0.1, 0.15) is 32.3 Å². The van der Waals surface area contributed by atoms with Gasteiger partial charge in [0.25, 0.3) is 0 Å². The molecule has 1 fully saturated rings. The van der Waals surface area contributed by atoms with Crippen LogP contribution in [0.25, 0.3) is 0 Å². The highest BCUT2D eigenvalue weighted by Crippen LogP contribution is 2.14. The van der Waals surface area contributed by atoms with E-state index in [1.807, 2.05) is 32.0 Å². The minimum absolute atomic E-state index is 0.0113. The van der Waals surface area contributed by atoms with E-state index in [1.54, 1.807) is 12.0 Å². The van der Waals surface area contributed by atoms with Crippen LogP contribution in [0, 0.1) is 0 Å². The molecule has 1 aromatic rings. The van der Waals surface area contributed by atoms with E-state index in [0.717, 1.165) is 25.9 Å². The molecule has 1 aromatic carbocycles. The van der Waals surface area contributed by atoms with Crippen LogP contribution in [0.5, 0.6) is 0 Å². The Labute approximate surface area is 162 Å². The molecule has 1 aliphatic rings. The van der Waals surface area contributed by atoms with Gasteiger partial charge in [0.05, 0.1) is 19.1 Å². The van der Waals surface area contributed by atoms with Crippen molar-refractivity contribution in [3.63, 3.8) is 0 Å². The van der Waals surface area contributed by atoms with Crippen molar-refractivity contribution in [2.45, 2.75) is 45.2 Å². The highest BCUT2D eigenvalue weighted by molar-refractivity contribution is 5.89. The number of nitrogens with one attached hydrogen (secondary N) is 1. The van der Waals surface area contributed by atoms with E-state index >= 15 is 0 Å². The van der Waals surface area contributed by atoms with Gasteiger partial charge in [0.2, 0.25) is 11.8 Å². The van der Waals surface area contributed by atoms with Gasteiger partial charge in [0.15, 0.2) is 0 Å². The number of aryl methyl sites for hydroxylation is 1. The third-order valence-electron chi connectivity index (χ3n) is 5.04. The van der Waals surface area contributed by atoms with Gasteiger partial charge in [-0.3, -0.25) is 14.5 Å². The number of benzene rings is 1. The number of ether oxygens (including phenoxy) is 1. The largest absolute Gasteiger partial charge is 0.383 e. The van der Waals surface area contributed by atoms with Crippen molar-refractivity contribution in [2.24, 2.45) is 0 Å². The molecule has 1 N–H and O–H groups in total. The van der Waals surface area contributed by atoms with Crippen LogP contribution < -0.4 is 5.32 Å². The lowest BCUT2D eigenvalue weighted by atomic mass is 10.0. The zero-order valence-electron chi connectivity index (χ0n) is 16.8. The van der Waals surface area contributed by atoms with Crippen molar-refractivity contribution in [2.75, 3.05) is 39.9 Å². The summed E-state index contributed by atoms with van der Waals surface area (Å²) in [5.74, 6) is -0.0260. The van der Waals surface area contributed by atoms with E-state index in [0.29, 0.717) is 19.7 Å². The van der Waals surface area contributed by atoms with Crippen LogP contribution in [0.4, 0.5) is 0 Å². The molecule has 0 spiro atoms. The van der Waals surface area contributed by atoms with Crippen molar-refractivity contribution in [1.29, 1.82) is 0 Å². The fourth-order valence-electron chi connectivity index (χ4n) is 3.53. The summed E-state index contributed by atoms with van der Waals surface area (Å²) in [5.41, 5.74) is 1.30. The molecule has 6 heteroatoms. The molecule has 0 saturated carbocycles. The van der Waals surface area contributed by atoms with Gasteiger partial charge in [0.1, 0.15) is 0 Å². The Morgan fingerprint density at radius 1 is 1.33 bits per heavy atom. The summed E-state index contributed by atoms with van der Waals surface area (Å²) in [6.07, 6.45) is 2.17. The lowest BCUT2D eigenvalue weighted by Crippen LogP contribution is -2.57. The van der Waals surface area contributed by atoms with Gasteiger partial charge < -0.3 is 15.0 Å². The number of hydrogen-bond donors (Lipinski definition) is 1. The molecular formula is C21H33N3O3. The molecule has 0 bridgehead atoms. The normalized spacial score (nSPS) is 17.8. The van der Waals surface area contributed by atoms with Gasteiger partial charge in [-0.1, -0.05) is 30.3 Å². The Balaban J connectivity index is 1.93. The summed E-state index contributed by atoms with van der Waals surface area (Å²) in [4.78, 5) is 29.2. The van der Waals surface area contributed by atoms with Gasteiger partial charge in [-0.25, -0.2) is 0 Å². The first-order chi connectivity index (χ1) is 13.0. The maximum absolute atomic E-state index is 12.8. The average molecular weight is 376 g/mol. The number of methoxy groups -OCH3 is 1. The number of carbonyl (C=O) groups excluding carboxylic acids is 2. The zero-order chi connectivity index (χ0) is 19.6. The number of amides is 2. The summed E-state index contributed by atoms with van der Waals surface area (Å²) in [5, 5.41) is 2.91. The average Bonchev–Trinajstić information content (AvgIpc) is 2.65. The van der Waals surface area contributed by atoms with E-state index in [2.05, 4.69) is 22.3 Å². The van der Waals surface area contributed by atoms with Crippen LogP contribution in [-0.4, -0.2) is 73.6 Å². The van der Waals surface area contributed by atoms with Crippen molar-refractivity contribution in [3.8, 4) is 0 Å². The van der Waals surface area contributed by atoms with Gasteiger partial charge >= 0.3 is 0 Å². The van der Waals surface area contributed by atoms with Crippen molar-refractivity contribution < 1.29 is 14.3 Å². The van der Waals surface area contributed by atoms with Gasteiger partial charge in [-0.15, -0.1) is 0 Å². The molecule has 0 aromatic heterocycles. The quantitative estimate of drug-likeness (QED) is 0.676. The minimum atomic E-state index is -0.384. The van der Waals surface area contributed by atoms with Crippen LogP contribution in [0.15, 0.2) is 30.3 Å². The third-order valence-corrected chi connectivity index (χ3v) is 5.04. The predicted molar refractivity (Wildman–Crippen MR) is 106 cm³/mol. The Hall–Kier alpha value is -1.92. The van der Waals surface area contributed by atoms with Crippen molar-refractivity contribution in [1.82, 2.24) is 15.1 Å². The van der Waals surface area contributed by atoms with Crippen LogP contribution in [-0.2, 0) is 20.7 Å². The molecule has 150 valence electrons. The molecule has 0 radical (unpaired) electrons. The smallest absolute Gasteiger partial charge is 0.237 e. The van der Waals surface area contributed by atoms with Gasteiger partial charge in [0, 0.05) is 32.8 Å². The van der Waals surface area contributed by atoms with E-state index in [4.69, 9.17) is 4.74 Å². The highest BCUT2D eigenvalue weighted by Gasteiger charge is 2.33. The number of carbonyl (C=O) groups is 2. The Bertz CT molecular complexity index is 592. The molecule has 0 unspecified atom stereocenters. The summed E-state index contributed by atoms with van der Waals surface area (Å²) < 4.78 is 5.12. The maximum Gasteiger partial charge on any atom is 0.237 e. The standard InChI is InChI=1S/C21H33N3O3/c1-17(2)24(14-15-27-3)20(25)16-19-21(26)22-11-13-23(19)12-7-10-18-8-5-4-6-9-18/h4-6,8-9,17,19H,7,10-16H2,1-3H3,(H,22,26)/t19-/m0/s1. The molecule has 1 aliphatic heterocycles. The predicted octanol–water partition coefficient (Wildman–Crippen LogP) is 1.69. The molecule has 6 nitrogen and oxygen atoms in total. The Morgan fingerprint density at radius 3 is 2.74 bits per heavy atom. The molecule has 27 heavy (non-hydrogen) atoms. The SMILES string of the molecule is COCCN(C(=O)C[C@H]1C(=O)NCCN1CCCc1ccccc1)C(C)C. The van der Waals surface area contributed by atoms with Gasteiger partial charge in [-0.05, 0) is 38.8 Å². The molecule has 1 saturated heterocycles. The maximum atomic E-state index is 12.8. The second-order valence-electron chi connectivity index (χ2n) is 7.31. The van der Waals surface area contributed by atoms with Crippen LogP contribution in [0.2, 0.25) is 0 Å². The zero-order valence-corrected chi connectivity index (χ0v) is 16.8. The number of nitrogens with zero attached hydrogens (tertiary/aromatic N) is 2. The van der Waals surface area contributed by atoms with Gasteiger partial charge in [-0.2, -0.15) is 0 Å². The summed E-state index contributed by atoms with van der Waals surface area (Å²) in [6, 6.07) is 10.1. The molecule has 0 aliphatic carbocycles. The summed E-state index contributed by atoms with van der Waals surface area (Å²) >= 11 is 0. The molecule has 2 amide bonds. The minimum Gasteiger partial charge on any atom is -0.383 e. The lowest BCUT2D eigenvalue weighted by molar-refractivity contribution is -0.140. The first-order valence-electron chi connectivity index (χ1n) is 9.87. The van der Waals surface area contributed by atoms with Crippen LogP contribution in [0.3, 0.4) is 0 Å². The summed E-state index contributed by atoms with van der Waals surface area (Å²) in [6.45, 7) is 7.29. The van der Waals surface area contributed by atoms with E-state index in [1.165, 1.54) is 5.56 Å². The second kappa shape index (κ2) is 11.0. The molecule has 2 rings (SSSR count). The number of piperazine rings is 1. The fourth-order valence-corrected chi connectivity index (χ4v) is 3.53. The summed E-state index contributed by atoms with van der Waals surface area (Å²) in [7, 11) is 1.63.